The topological polar surface area (TPSA) is 46.5 Å². The lowest BCUT2D eigenvalue weighted by Crippen LogP contribution is -2.64. The van der Waals surface area contributed by atoms with Gasteiger partial charge >= 0.3 is 5.97 Å². The second-order valence-corrected chi connectivity index (χ2v) is 7.60. The van der Waals surface area contributed by atoms with E-state index >= 15 is 0 Å². The van der Waals surface area contributed by atoms with E-state index in [1.54, 1.807) is 0 Å². The normalized spacial score (nSPS) is 47.3. The second kappa shape index (κ2) is 4.72. The van der Waals surface area contributed by atoms with Crippen molar-refractivity contribution in [3.63, 3.8) is 0 Å². The highest BCUT2D eigenvalue weighted by atomic mass is 16.6. The minimum absolute atomic E-state index is 0.00642. The van der Waals surface area contributed by atoms with Crippen LogP contribution in [0, 0.1) is 23.7 Å². The Labute approximate surface area is 122 Å². The summed E-state index contributed by atoms with van der Waals surface area (Å²) in [5, 5.41) is 11.0. The van der Waals surface area contributed by atoms with E-state index in [-0.39, 0.29) is 17.5 Å². The molecule has 0 saturated heterocycles. The largest absolute Gasteiger partial charge is 0.459 e. The van der Waals surface area contributed by atoms with Crippen LogP contribution in [0.25, 0.3) is 0 Å². The molecule has 4 saturated carbocycles. The monoisotopic (exact) mass is 280 g/mol. The summed E-state index contributed by atoms with van der Waals surface area (Å²) in [6, 6.07) is 0. The van der Waals surface area contributed by atoms with Crippen molar-refractivity contribution in [1.29, 1.82) is 0 Å². The standard InChI is InChI=1S/C17H28O3/c1-4-11(3)15(18)20-16-8-12-6-13(9-16)17(19,5-2)14(7-12)10-16/h11-14,19H,4-10H2,1-3H3. The second-order valence-electron chi connectivity index (χ2n) is 7.60. The molecule has 0 aromatic rings. The Bertz CT molecular complexity index is 387. The third-order valence-electron chi connectivity index (χ3n) is 6.45. The zero-order valence-corrected chi connectivity index (χ0v) is 13.0. The van der Waals surface area contributed by atoms with Crippen molar-refractivity contribution in [3.8, 4) is 0 Å². The van der Waals surface area contributed by atoms with Crippen LogP contribution in [0.15, 0.2) is 0 Å². The molecule has 0 aromatic heterocycles. The maximum atomic E-state index is 12.2. The molecule has 0 spiro atoms. The van der Waals surface area contributed by atoms with Crippen LogP contribution in [-0.2, 0) is 9.53 Å². The number of carbonyl (C=O) groups is 1. The molecule has 0 amide bonds. The molecule has 0 heterocycles. The summed E-state index contributed by atoms with van der Waals surface area (Å²) in [5.74, 6) is 1.29. The van der Waals surface area contributed by atoms with E-state index in [4.69, 9.17) is 4.74 Å². The van der Waals surface area contributed by atoms with E-state index in [0.717, 1.165) is 44.9 Å². The fourth-order valence-corrected chi connectivity index (χ4v) is 5.19. The molecule has 3 atom stereocenters. The smallest absolute Gasteiger partial charge is 0.309 e. The molecule has 3 nitrogen and oxygen atoms in total. The highest BCUT2D eigenvalue weighted by molar-refractivity contribution is 5.72. The molecule has 4 bridgehead atoms. The van der Waals surface area contributed by atoms with Crippen molar-refractivity contribution in [3.05, 3.63) is 0 Å². The third-order valence-corrected chi connectivity index (χ3v) is 6.45. The molecule has 3 heteroatoms. The molecule has 114 valence electrons. The fourth-order valence-electron chi connectivity index (χ4n) is 5.19. The van der Waals surface area contributed by atoms with Crippen LogP contribution >= 0.6 is 0 Å². The zero-order valence-electron chi connectivity index (χ0n) is 13.0. The van der Waals surface area contributed by atoms with Gasteiger partial charge in [0.1, 0.15) is 5.60 Å². The summed E-state index contributed by atoms with van der Waals surface area (Å²) >= 11 is 0. The molecule has 4 aliphatic carbocycles. The van der Waals surface area contributed by atoms with E-state index in [1.165, 1.54) is 0 Å². The molecule has 20 heavy (non-hydrogen) atoms. The number of hydrogen-bond acceptors (Lipinski definition) is 3. The molecule has 0 radical (unpaired) electrons. The lowest BCUT2D eigenvalue weighted by Gasteiger charge is -2.62. The minimum Gasteiger partial charge on any atom is -0.459 e. The Morgan fingerprint density at radius 3 is 2.35 bits per heavy atom. The van der Waals surface area contributed by atoms with Crippen LogP contribution in [-0.4, -0.2) is 22.3 Å². The summed E-state index contributed by atoms with van der Waals surface area (Å²) in [6.45, 7) is 6.08. The Balaban J connectivity index is 1.79. The van der Waals surface area contributed by atoms with Crippen molar-refractivity contribution in [2.75, 3.05) is 0 Å². The zero-order chi connectivity index (χ0) is 14.5. The van der Waals surface area contributed by atoms with Gasteiger partial charge in [-0.3, -0.25) is 4.79 Å². The molecule has 4 rings (SSSR count). The first kappa shape index (κ1) is 14.4. The molecule has 4 aliphatic rings. The van der Waals surface area contributed by atoms with E-state index in [2.05, 4.69) is 6.92 Å². The van der Waals surface area contributed by atoms with Gasteiger partial charge in [-0.1, -0.05) is 20.8 Å². The molecule has 3 unspecified atom stereocenters. The lowest BCUT2D eigenvalue weighted by atomic mass is 9.47. The Morgan fingerprint density at radius 1 is 1.25 bits per heavy atom. The van der Waals surface area contributed by atoms with Crippen LogP contribution in [0.4, 0.5) is 0 Å². The van der Waals surface area contributed by atoms with Gasteiger partial charge in [0.05, 0.1) is 11.5 Å². The first-order valence-electron chi connectivity index (χ1n) is 8.37. The van der Waals surface area contributed by atoms with Gasteiger partial charge in [-0.25, -0.2) is 0 Å². The van der Waals surface area contributed by atoms with E-state index < -0.39 is 5.60 Å². The van der Waals surface area contributed by atoms with Gasteiger partial charge in [-0.15, -0.1) is 0 Å². The van der Waals surface area contributed by atoms with Crippen molar-refractivity contribution in [2.45, 2.75) is 76.9 Å². The number of hydrogen-bond donors (Lipinski definition) is 1. The van der Waals surface area contributed by atoms with E-state index in [1.807, 2.05) is 13.8 Å². The van der Waals surface area contributed by atoms with Gasteiger partial charge in [-0.2, -0.15) is 0 Å². The molecule has 4 fully saturated rings. The summed E-state index contributed by atoms with van der Waals surface area (Å²) in [4.78, 5) is 12.2. The Hall–Kier alpha value is -0.570. The summed E-state index contributed by atoms with van der Waals surface area (Å²) in [5.41, 5.74) is -0.748. The first-order chi connectivity index (χ1) is 9.42. The molecular formula is C17H28O3. The highest BCUT2D eigenvalue weighted by Gasteiger charge is 2.62. The average molecular weight is 280 g/mol. The predicted molar refractivity (Wildman–Crippen MR) is 77.1 cm³/mol. The predicted octanol–water partition coefficient (Wildman–Crippen LogP) is 3.30. The quantitative estimate of drug-likeness (QED) is 0.804. The van der Waals surface area contributed by atoms with Crippen molar-refractivity contribution in [2.24, 2.45) is 23.7 Å². The van der Waals surface area contributed by atoms with Crippen molar-refractivity contribution < 1.29 is 14.6 Å². The fraction of sp³-hybridized carbons (Fsp3) is 0.941. The van der Waals surface area contributed by atoms with Gasteiger partial charge < -0.3 is 9.84 Å². The summed E-state index contributed by atoms with van der Waals surface area (Å²) in [7, 11) is 0. The molecule has 1 N–H and O–H groups in total. The van der Waals surface area contributed by atoms with Gasteiger partial charge in [0.15, 0.2) is 0 Å². The number of ether oxygens (including phenoxy) is 1. The van der Waals surface area contributed by atoms with E-state index in [0.29, 0.717) is 17.8 Å². The molecular weight excluding hydrogens is 252 g/mol. The van der Waals surface area contributed by atoms with Crippen LogP contribution in [0.1, 0.15) is 65.7 Å². The number of aliphatic hydroxyl groups is 1. The lowest BCUT2D eigenvalue weighted by molar-refractivity contribution is -0.241. The summed E-state index contributed by atoms with van der Waals surface area (Å²) in [6.07, 6.45) is 6.72. The van der Waals surface area contributed by atoms with Gasteiger partial charge in [0.2, 0.25) is 0 Å². The number of carbonyl (C=O) groups excluding carboxylic acids is 1. The third kappa shape index (κ3) is 2.01. The minimum atomic E-state index is -0.497. The SMILES string of the molecule is CCC(C)C(=O)OC12CC3CC(C1)C(O)(CC)C(C3)C2. The van der Waals surface area contributed by atoms with Crippen LogP contribution in [0.3, 0.4) is 0 Å². The number of esters is 1. The van der Waals surface area contributed by atoms with Crippen LogP contribution in [0.5, 0.6) is 0 Å². The van der Waals surface area contributed by atoms with Gasteiger partial charge in [0, 0.05) is 0 Å². The highest BCUT2D eigenvalue weighted by Crippen LogP contribution is 2.62. The first-order valence-corrected chi connectivity index (χ1v) is 8.37. The van der Waals surface area contributed by atoms with Crippen LogP contribution in [0.2, 0.25) is 0 Å². The average Bonchev–Trinajstić information content (AvgIpc) is 2.42. The summed E-state index contributed by atoms with van der Waals surface area (Å²) < 4.78 is 5.99. The molecule has 0 aromatic carbocycles. The van der Waals surface area contributed by atoms with E-state index in [9.17, 15) is 9.90 Å². The number of rotatable bonds is 4. The van der Waals surface area contributed by atoms with Gasteiger partial charge in [-0.05, 0) is 62.7 Å². The Morgan fingerprint density at radius 2 is 1.85 bits per heavy atom. The van der Waals surface area contributed by atoms with Crippen molar-refractivity contribution in [1.82, 2.24) is 0 Å². The maximum absolute atomic E-state index is 12.2. The van der Waals surface area contributed by atoms with Crippen molar-refractivity contribution >= 4 is 5.97 Å². The Kier molecular flexibility index (Phi) is 3.39. The van der Waals surface area contributed by atoms with Crippen LogP contribution < -0.4 is 0 Å². The van der Waals surface area contributed by atoms with Gasteiger partial charge in [0.25, 0.3) is 0 Å². The molecule has 0 aliphatic heterocycles. The maximum Gasteiger partial charge on any atom is 0.309 e.